The summed E-state index contributed by atoms with van der Waals surface area (Å²) in [5.74, 6) is 0. The molecule has 0 spiro atoms. The van der Waals surface area contributed by atoms with E-state index in [1.807, 2.05) is 0 Å². The summed E-state index contributed by atoms with van der Waals surface area (Å²) in [6.07, 6.45) is 1.93. The Bertz CT molecular complexity index is 265. The van der Waals surface area contributed by atoms with E-state index in [4.69, 9.17) is 11.1 Å². The molecule has 0 saturated carbocycles. The van der Waals surface area contributed by atoms with Crippen molar-refractivity contribution in [2.75, 3.05) is 0 Å². The monoisotopic (exact) mass is 332 g/mol. The van der Waals surface area contributed by atoms with Crippen molar-refractivity contribution < 1.29 is 11.1 Å². The van der Waals surface area contributed by atoms with Crippen LogP contribution >= 0.6 is 0 Å². The third-order valence-corrected chi connectivity index (χ3v) is 13.1. The normalized spacial score (nSPS) is 13.6. The van der Waals surface area contributed by atoms with Crippen LogP contribution in [0.2, 0.25) is 18.1 Å². The minimum absolute atomic E-state index is 0.171. The molecule has 0 N–H and O–H groups in total. The molecule has 21 heavy (non-hydrogen) atoms. The van der Waals surface area contributed by atoms with Gasteiger partial charge in [0.25, 0.3) is 0 Å². The van der Waals surface area contributed by atoms with Crippen LogP contribution in [0.15, 0.2) is 0 Å². The third kappa shape index (κ3) is 7.63. The molecule has 0 atom stereocenters. The summed E-state index contributed by atoms with van der Waals surface area (Å²) in [4.78, 5) is 0. The zero-order chi connectivity index (χ0) is 16.7. The van der Waals surface area contributed by atoms with E-state index >= 15 is 0 Å². The fourth-order valence-electron chi connectivity index (χ4n) is 1.96. The summed E-state index contributed by atoms with van der Waals surface area (Å²) < 4.78 is 19.2. The van der Waals surface area contributed by atoms with Gasteiger partial charge in [-0.1, -0.05) is 34.6 Å². The number of rotatable bonds is 11. The number of hydrogen-bond acceptors (Lipinski definition) is 3. The SMILES string of the molecule is CCC(C)(C)[O][Al]([O]C(C)(C)CC)[O][Si](CC)(CC)CC. The van der Waals surface area contributed by atoms with Gasteiger partial charge in [-0.25, -0.2) is 0 Å². The smallest absolute Gasteiger partial charge is 0.498 e. The average Bonchev–Trinajstić information content (AvgIpc) is 2.44. The summed E-state index contributed by atoms with van der Waals surface area (Å²) in [6.45, 7) is 19.6. The summed E-state index contributed by atoms with van der Waals surface area (Å²) in [5.41, 5.74) is -0.341. The predicted molar refractivity (Wildman–Crippen MR) is 94.9 cm³/mol. The van der Waals surface area contributed by atoms with E-state index in [2.05, 4.69) is 62.3 Å². The molecular formula is C16H37AlO3Si. The van der Waals surface area contributed by atoms with Gasteiger partial charge in [0.15, 0.2) is 8.32 Å². The maximum Gasteiger partial charge on any atom is 0.895 e. The lowest BCUT2D eigenvalue weighted by Crippen LogP contribution is -2.50. The first-order chi connectivity index (χ1) is 9.59. The van der Waals surface area contributed by atoms with Crippen LogP contribution in [0.25, 0.3) is 0 Å². The topological polar surface area (TPSA) is 27.7 Å². The number of hydrogen-bond donors (Lipinski definition) is 0. The molecule has 0 saturated heterocycles. The van der Waals surface area contributed by atoms with Crippen molar-refractivity contribution in [3.63, 3.8) is 0 Å². The Balaban J connectivity index is 5.12. The van der Waals surface area contributed by atoms with Crippen molar-refractivity contribution in [2.24, 2.45) is 0 Å². The standard InChI is InChI=1S/C6H15OSi.2C5H11O.Al/c1-4-8(7,5-2)6-3;2*1-4-5(2,3)6;/h4-6H2,1-3H3;2*4H2,1-3H3;/q3*-1;+3. The maximum atomic E-state index is 6.59. The summed E-state index contributed by atoms with van der Waals surface area (Å²) in [5, 5.41) is 0. The first-order valence-corrected chi connectivity index (χ1v) is 12.6. The van der Waals surface area contributed by atoms with Crippen LogP contribution in [0.1, 0.15) is 75.2 Å². The predicted octanol–water partition coefficient (Wildman–Crippen LogP) is 5.40. The minimum Gasteiger partial charge on any atom is -0.498 e. The van der Waals surface area contributed by atoms with Crippen molar-refractivity contribution in [3.8, 4) is 0 Å². The Kier molecular flexibility index (Phi) is 9.33. The van der Waals surface area contributed by atoms with Gasteiger partial charge in [0.2, 0.25) is 0 Å². The van der Waals surface area contributed by atoms with Crippen molar-refractivity contribution in [2.45, 2.75) is 104 Å². The molecule has 126 valence electrons. The highest BCUT2D eigenvalue weighted by atomic mass is 28.4. The van der Waals surface area contributed by atoms with Crippen molar-refractivity contribution in [3.05, 3.63) is 0 Å². The van der Waals surface area contributed by atoms with E-state index in [9.17, 15) is 0 Å². The van der Waals surface area contributed by atoms with Crippen LogP contribution < -0.4 is 0 Å². The Morgan fingerprint density at radius 3 is 1.29 bits per heavy atom. The molecule has 0 rings (SSSR count). The molecule has 0 heterocycles. The van der Waals surface area contributed by atoms with E-state index in [0.29, 0.717) is 0 Å². The fourth-order valence-corrected chi connectivity index (χ4v) is 8.91. The molecule has 0 aliphatic rings. The molecule has 0 fully saturated rings. The van der Waals surface area contributed by atoms with Crippen LogP contribution in [0.3, 0.4) is 0 Å². The molecule has 0 aromatic rings. The van der Waals surface area contributed by atoms with E-state index in [0.717, 1.165) is 31.0 Å². The zero-order valence-electron chi connectivity index (χ0n) is 15.8. The largest absolute Gasteiger partial charge is 0.895 e. The van der Waals surface area contributed by atoms with E-state index in [1.165, 1.54) is 0 Å². The lowest BCUT2D eigenvalue weighted by molar-refractivity contribution is -0.0169. The molecular weight excluding hydrogens is 295 g/mol. The van der Waals surface area contributed by atoms with Gasteiger partial charge < -0.3 is 11.1 Å². The Morgan fingerprint density at radius 2 is 1.05 bits per heavy atom. The highest BCUT2D eigenvalue weighted by Crippen LogP contribution is 2.28. The minimum atomic E-state index is -2.14. The second-order valence-electron chi connectivity index (χ2n) is 7.11. The van der Waals surface area contributed by atoms with Gasteiger partial charge in [-0.3, -0.25) is 0 Å². The van der Waals surface area contributed by atoms with E-state index in [1.54, 1.807) is 0 Å². The average molecular weight is 333 g/mol. The van der Waals surface area contributed by atoms with Crippen LogP contribution in [0.5, 0.6) is 0 Å². The second kappa shape index (κ2) is 9.05. The third-order valence-electron chi connectivity index (χ3n) is 4.81. The van der Waals surface area contributed by atoms with Crippen LogP contribution in [-0.2, 0) is 11.1 Å². The lowest BCUT2D eigenvalue weighted by Gasteiger charge is -2.37. The van der Waals surface area contributed by atoms with Gasteiger partial charge >= 0.3 is 15.1 Å². The van der Waals surface area contributed by atoms with E-state index in [-0.39, 0.29) is 11.2 Å². The molecule has 0 unspecified atom stereocenters. The first-order valence-electron chi connectivity index (χ1n) is 8.62. The van der Waals surface area contributed by atoms with Gasteiger partial charge in [0.05, 0.1) is 0 Å². The highest BCUT2D eigenvalue weighted by Gasteiger charge is 2.46. The Labute approximate surface area is 139 Å². The maximum absolute atomic E-state index is 6.59. The lowest BCUT2D eigenvalue weighted by atomic mass is 10.1. The summed E-state index contributed by atoms with van der Waals surface area (Å²) in [7, 11) is -1.69. The van der Waals surface area contributed by atoms with Crippen molar-refractivity contribution >= 4 is 23.5 Å². The molecule has 0 aromatic heterocycles. The van der Waals surface area contributed by atoms with Crippen LogP contribution in [-0.4, -0.2) is 34.7 Å². The van der Waals surface area contributed by atoms with Gasteiger partial charge in [0, 0.05) is 11.2 Å². The summed E-state index contributed by atoms with van der Waals surface area (Å²) >= 11 is -2.14. The van der Waals surface area contributed by atoms with Gasteiger partial charge in [-0.15, -0.1) is 0 Å². The van der Waals surface area contributed by atoms with Crippen molar-refractivity contribution in [1.29, 1.82) is 0 Å². The van der Waals surface area contributed by atoms with Crippen LogP contribution in [0.4, 0.5) is 0 Å². The van der Waals surface area contributed by atoms with Gasteiger partial charge in [-0.2, -0.15) is 0 Å². The van der Waals surface area contributed by atoms with Crippen LogP contribution in [0, 0.1) is 0 Å². The molecule has 0 aliphatic heterocycles. The molecule has 0 bridgehead atoms. The first kappa shape index (κ1) is 21.6. The molecule has 3 nitrogen and oxygen atoms in total. The van der Waals surface area contributed by atoms with Gasteiger partial charge in [0.1, 0.15) is 0 Å². The summed E-state index contributed by atoms with van der Waals surface area (Å²) in [6, 6.07) is 3.40. The Morgan fingerprint density at radius 1 is 0.714 bits per heavy atom. The molecule has 0 aliphatic carbocycles. The Hall–Kier alpha value is 0.629. The molecule has 0 radical (unpaired) electrons. The zero-order valence-corrected chi connectivity index (χ0v) is 18.0. The fraction of sp³-hybridized carbons (Fsp3) is 1.00. The van der Waals surface area contributed by atoms with Crippen molar-refractivity contribution in [1.82, 2.24) is 0 Å². The molecule has 0 aromatic carbocycles. The second-order valence-corrected chi connectivity index (χ2v) is 13.6. The highest BCUT2D eigenvalue weighted by molar-refractivity contribution is 6.78. The molecule has 5 heteroatoms. The van der Waals surface area contributed by atoms with E-state index < -0.39 is 23.5 Å². The quantitative estimate of drug-likeness (QED) is 0.474. The molecule has 0 amide bonds. The van der Waals surface area contributed by atoms with Gasteiger partial charge in [-0.05, 0) is 58.7 Å².